The molecule has 0 saturated carbocycles. The largest absolute Gasteiger partial charge is 0.320 e. The van der Waals surface area contributed by atoms with Crippen LogP contribution < -0.4 is 5.32 Å². The summed E-state index contributed by atoms with van der Waals surface area (Å²) in [7, 11) is 1.51. The number of nitrogens with zero attached hydrogens (tertiary/aromatic N) is 4. The van der Waals surface area contributed by atoms with E-state index in [0.717, 1.165) is 4.88 Å². The van der Waals surface area contributed by atoms with Gasteiger partial charge in [0.1, 0.15) is 6.20 Å². The fourth-order valence-corrected chi connectivity index (χ4v) is 2.00. The van der Waals surface area contributed by atoms with Crippen molar-refractivity contribution in [1.29, 1.82) is 0 Å². The molecule has 8 nitrogen and oxygen atoms in total. The van der Waals surface area contributed by atoms with Crippen LogP contribution in [-0.4, -0.2) is 25.6 Å². The van der Waals surface area contributed by atoms with Crippen molar-refractivity contribution in [2.45, 2.75) is 6.92 Å². The molecule has 0 bridgehead atoms. The van der Waals surface area contributed by atoms with E-state index in [1.165, 1.54) is 29.3 Å². The fraction of sp³-hybridized carbons (Fsp3) is 0.222. The van der Waals surface area contributed by atoms with Crippen molar-refractivity contribution in [1.82, 2.24) is 14.8 Å². The van der Waals surface area contributed by atoms with Gasteiger partial charge in [0, 0.05) is 18.1 Å². The molecule has 18 heavy (non-hydrogen) atoms. The second-order valence-electron chi connectivity index (χ2n) is 3.52. The molecule has 0 aliphatic rings. The SMILES string of the molecule is Cc1cnc(NC(=O)c2nn(C)cc2[N+](=O)[O-])s1. The highest BCUT2D eigenvalue weighted by molar-refractivity contribution is 7.15. The van der Waals surface area contributed by atoms with Gasteiger partial charge in [0.15, 0.2) is 5.13 Å². The summed E-state index contributed by atoms with van der Waals surface area (Å²) in [6.07, 6.45) is 2.79. The molecule has 9 heteroatoms. The molecular weight excluding hydrogens is 258 g/mol. The molecule has 0 unspecified atom stereocenters. The molecular formula is C9H9N5O3S. The summed E-state index contributed by atoms with van der Waals surface area (Å²) in [5.74, 6) is -0.642. The third kappa shape index (κ3) is 2.35. The van der Waals surface area contributed by atoms with E-state index in [1.54, 1.807) is 6.20 Å². The number of carbonyl (C=O) groups excluding carboxylic acids is 1. The van der Waals surface area contributed by atoms with E-state index < -0.39 is 10.8 Å². The van der Waals surface area contributed by atoms with Crippen LogP contribution in [0.25, 0.3) is 0 Å². The number of amides is 1. The third-order valence-electron chi connectivity index (χ3n) is 2.06. The molecule has 2 aromatic rings. The van der Waals surface area contributed by atoms with Gasteiger partial charge in [0.25, 0.3) is 5.91 Å². The predicted octanol–water partition coefficient (Wildman–Crippen LogP) is 1.35. The minimum Gasteiger partial charge on any atom is -0.296 e. The van der Waals surface area contributed by atoms with Crippen LogP contribution in [0.4, 0.5) is 10.8 Å². The monoisotopic (exact) mass is 267 g/mol. The number of rotatable bonds is 3. The molecule has 94 valence electrons. The highest BCUT2D eigenvalue weighted by atomic mass is 32.1. The number of nitrogens with one attached hydrogen (secondary N) is 1. The van der Waals surface area contributed by atoms with Crippen LogP contribution in [0.1, 0.15) is 15.4 Å². The van der Waals surface area contributed by atoms with Crippen molar-refractivity contribution in [3.63, 3.8) is 0 Å². The standard InChI is InChI=1S/C9H9N5O3S/c1-5-3-10-9(18-5)11-8(15)7-6(14(16)17)4-13(2)12-7/h3-4H,1-2H3,(H,10,11,15). The second kappa shape index (κ2) is 4.53. The Bertz CT molecular complexity index is 618. The molecule has 0 spiro atoms. The number of hydrogen-bond acceptors (Lipinski definition) is 6. The summed E-state index contributed by atoms with van der Waals surface area (Å²) in [6.45, 7) is 1.84. The fourth-order valence-electron chi connectivity index (χ4n) is 1.34. The molecule has 0 aliphatic heterocycles. The highest BCUT2D eigenvalue weighted by Crippen LogP contribution is 2.20. The maximum atomic E-state index is 11.8. The van der Waals surface area contributed by atoms with Crippen LogP contribution in [0.3, 0.4) is 0 Å². The maximum Gasteiger partial charge on any atom is 0.320 e. The highest BCUT2D eigenvalue weighted by Gasteiger charge is 2.25. The third-order valence-corrected chi connectivity index (χ3v) is 2.89. The summed E-state index contributed by atoms with van der Waals surface area (Å²) < 4.78 is 1.22. The van der Waals surface area contributed by atoms with Crippen LogP contribution in [0, 0.1) is 17.0 Å². The molecule has 2 aromatic heterocycles. The number of thiazole rings is 1. The van der Waals surface area contributed by atoms with E-state index >= 15 is 0 Å². The minimum absolute atomic E-state index is 0.227. The molecule has 1 amide bonds. The summed E-state index contributed by atoms with van der Waals surface area (Å²) in [5.41, 5.74) is -0.557. The zero-order chi connectivity index (χ0) is 13.3. The molecule has 1 N–H and O–H groups in total. The number of nitro groups is 1. The minimum atomic E-state index is -0.644. The Kier molecular flexibility index (Phi) is 3.06. The van der Waals surface area contributed by atoms with Gasteiger partial charge < -0.3 is 0 Å². The molecule has 0 aliphatic carbocycles. The van der Waals surface area contributed by atoms with E-state index in [2.05, 4.69) is 15.4 Å². The van der Waals surface area contributed by atoms with Gasteiger partial charge in [-0.2, -0.15) is 5.10 Å². The van der Waals surface area contributed by atoms with Crippen molar-refractivity contribution in [2.24, 2.45) is 7.05 Å². The van der Waals surface area contributed by atoms with Gasteiger partial charge in [-0.1, -0.05) is 0 Å². The van der Waals surface area contributed by atoms with Gasteiger partial charge in [0.05, 0.1) is 4.92 Å². The number of hydrogen-bond donors (Lipinski definition) is 1. The van der Waals surface area contributed by atoms with Gasteiger partial charge in [-0.05, 0) is 6.92 Å². The van der Waals surface area contributed by atoms with Gasteiger partial charge in [-0.3, -0.25) is 24.9 Å². The topological polar surface area (TPSA) is 103 Å². The summed E-state index contributed by atoms with van der Waals surface area (Å²) in [4.78, 5) is 26.8. The Morgan fingerprint density at radius 2 is 2.33 bits per heavy atom. The van der Waals surface area contributed by atoms with E-state index in [9.17, 15) is 14.9 Å². The van der Waals surface area contributed by atoms with Crippen LogP contribution in [0.5, 0.6) is 0 Å². The molecule has 0 saturated heterocycles. The number of aryl methyl sites for hydroxylation is 2. The second-order valence-corrected chi connectivity index (χ2v) is 4.76. The molecule has 0 aromatic carbocycles. The summed E-state index contributed by atoms with van der Waals surface area (Å²) >= 11 is 1.28. The molecule has 2 rings (SSSR count). The quantitative estimate of drug-likeness (QED) is 0.667. The predicted molar refractivity (Wildman–Crippen MR) is 64.7 cm³/mol. The first-order valence-electron chi connectivity index (χ1n) is 4.89. The van der Waals surface area contributed by atoms with Crippen LogP contribution in [-0.2, 0) is 7.05 Å². The van der Waals surface area contributed by atoms with Crippen molar-refractivity contribution < 1.29 is 9.72 Å². The smallest absolute Gasteiger partial charge is 0.296 e. The van der Waals surface area contributed by atoms with Crippen LogP contribution in [0.2, 0.25) is 0 Å². The lowest BCUT2D eigenvalue weighted by atomic mass is 10.3. The van der Waals surface area contributed by atoms with Crippen LogP contribution >= 0.6 is 11.3 Å². The maximum absolute atomic E-state index is 11.8. The van der Waals surface area contributed by atoms with Crippen molar-refractivity contribution >= 4 is 28.1 Å². The van der Waals surface area contributed by atoms with Gasteiger partial charge in [-0.15, -0.1) is 11.3 Å². The summed E-state index contributed by atoms with van der Waals surface area (Å²) in [5, 5.41) is 17.4. The Morgan fingerprint density at radius 3 is 2.89 bits per heavy atom. The Labute approximate surface area is 105 Å². The van der Waals surface area contributed by atoms with Gasteiger partial charge in [0.2, 0.25) is 5.69 Å². The van der Waals surface area contributed by atoms with Crippen molar-refractivity contribution in [3.05, 3.63) is 33.1 Å². The molecule has 0 radical (unpaired) electrons. The lowest BCUT2D eigenvalue weighted by Crippen LogP contribution is -2.14. The molecule has 0 atom stereocenters. The molecule has 2 heterocycles. The Balaban J connectivity index is 2.26. The van der Waals surface area contributed by atoms with Gasteiger partial charge >= 0.3 is 5.69 Å². The lowest BCUT2D eigenvalue weighted by molar-refractivity contribution is -0.385. The average molecular weight is 267 g/mol. The van der Waals surface area contributed by atoms with Crippen molar-refractivity contribution in [3.8, 4) is 0 Å². The van der Waals surface area contributed by atoms with E-state index in [1.807, 2.05) is 6.92 Å². The number of anilines is 1. The first-order valence-corrected chi connectivity index (χ1v) is 5.71. The van der Waals surface area contributed by atoms with Crippen LogP contribution in [0.15, 0.2) is 12.4 Å². The zero-order valence-electron chi connectivity index (χ0n) is 9.58. The first kappa shape index (κ1) is 12.2. The Hall–Kier alpha value is -2.29. The lowest BCUT2D eigenvalue weighted by Gasteiger charge is -1.97. The van der Waals surface area contributed by atoms with Gasteiger partial charge in [-0.25, -0.2) is 4.98 Å². The normalized spacial score (nSPS) is 10.3. The zero-order valence-corrected chi connectivity index (χ0v) is 10.4. The van der Waals surface area contributed by atoms with E-state index in [0.29, 0.717) is 5.13 Å². The van der Waals surface area contributed by atoms with Crippen molar-refractivity contribution in [2.75, 3.05) is 5.32 Å². The van der Waals surface area contributed by atoms with E-state index in [4.69, 9.17) is 0 Å². The molecule has 0 fully saturated rings. The Morgan fingerprint density at radius 1 is 1.61 bits per heavy atom. The number of carbonyl (C=O) groups is 1. The first-order chi connectivity index (χ1) is 8.47. The van der Waals surface area contributed by atoms with E-state index in [-0.39, 0.29) is 11.4 Å². The number of aromatic nitrogens is 3. The summed E-state index contributed by atoms with van der Waals surface area (Å²) in [6, 6.07) is 0. The average Bonchev–Trinajstić information content (AvgIpc) is 2.85.